The van der Waals surface area contributed by atoms with Crippen LogP contribution in [0.1, 0.15) is 6.42 Å². The van der Waals surface area contributed by atoms with Crippen molar-refractivity contribution >= 4 is 0 Å². The lowest BCUT2D eigenvalue weighted by Crippen LogP contribution is -2.27. The Morgan fingerprint density at radius 2 is 2.60 bits per heavy atom. The van der Waals surface area contributed by atoms with Crippen LogP contribution in [0.4, 0.5) is 4.39 Å². The Morgan fingerprint density at radius 3 is 3.10 bits per heavy atom. The third kappa shape index (κ3) is 1.92. The van der Waals surface area contributed by atoms with E-state index in [9.17, 15) is 4.39 Å². The molecule has 0 spiro atoms. The van der Waals surface area contributed by atoms with Gasteiger partial charge < -0.3 is 10.1 Å². The molecule has 2 atom stereocenters. The Bertz CT molecular complexity index is 93.6. The molecule has 60 valence electrons. The van der Waals surface area contributed by atoms with Crippen LogP contribution in [-0.4, -0.2) is 33.0 Å². The van der Waals surface area contributed by atoms with Crippen LogP contribution < -0.4 is 5.32 Å². The van der Waals surface area contributed by atoms with Gasteiger partial charge in [0.1, 0.15) is 6.17 Å². The van der Waals surface area contributed by atoms with Gasteiger partial charge in [-0.25, -0.2) is 4.39 Å². The predicted octanol–water partition coefficient (Wildman–Crippen LogP) is 0.580. The first-order chi connectivity index (χ1) is 4.84. The summed E-state index contributed by atoms with van der Waals surface area (Å²) in [6.45, 7) is 1.78. The lowest BCUT2D eigenvalue weighted by Gasteiger charge is -2.12. The molecular weight excluding hydrogens is 133 g/mol. The fourth-order valence-corrected chi connectivity index (χ4v) is 1.20. The first-order valence-electron chi connectivity index (χ1n) is 3.71. The Balaban J connectivity index is 2.18. The van der Waals surface area contributed by atoms with Gasteiger partial charge in [0.25, 0.3) is 0 Å². The number of hydrogen-bond acceptors (Lipinski definition) is 2. The summed E-state index contributed by atoms with van der Waals surface area (Å²) < 4.78 is 18.0. The minimum atomic E-state index is -0.729. The molecule has 3 heteroatoms. The van der Waals surface area contributed by atoms with Crippen molar-refractivity contribution in [1.29, 1.82) is 0 Å². The Labute approximate surface area is 60.8 Å². The van der Waals surface area contributed by atoms with Gasteiger partial charge in [-0.2, -0.15) is 0 Å². The van der Waals surface area contributed by atoms with E-state index in [0.717, 1.165) is 13.0 Å². The number of rotatable bonds is 3. The number of halogens is 1. The summed E-state index contributed by atoms with van der Waals surface area (Å²) >= 11 is 0. The van der Waals surface area contributed by atoms with Gasteiger partial charge in [-0.3, -0.25) is 0 Å². The minimum absolute atomic E-state index is 0.132. The zero-order valence-electron chi connectivity index (χ0n) is 6.27. The second-order valence-electron chi connectivity index (χ2n) is 2.70. The summed E-state index contributed by atoms with van der Waals surface area (Å²) in [6.07, 6.45) is 0.149. The molecule has 0 aliphatic carbocycles. The van der Waals surface area contributed by atoms with Gasteiger partial charge in [-0.1, -0.05) is 0 Å². The number of ether oxygens (including phenoxy) is 1. The lowest BCUT2D eigenvalue weighted by atomic mass is 10.0. The van der Waals surface area contributed by atoms with Gasteiger partial charge in [0.05, 0.1) is 6.61 Å². The molecule has 0 saturated carbocycles. The van der Waals surface area contributed by atoms with Gasteiger partial charge in [0.15, 0.2) is 0 Å². The van der Waals surface area contributed by atoms with E-state index in [4.69, 9.17) is 4.74 Å². The standard InChI is InChI=1S/C7H14FNO/c1-9-4-7(8)6-2-3-10-5-6/h6-7,9H,2-5H2,1H3. The summed E-state index contributed by atoms with van der Waals surface area (Å²) in [7, 11) is 1.77. The van der Waals surface area contributed by atoms with Crippen molar-refractivity contribution in [2.75, 3.05) is 26.8 Å². The SMILES string of the molecule is CNCC(F)C1CCOC1. The van der Waals surface area contributed by atoms with Crippen molar-refractivity contribution in [3.63, 3.8) is 0 Å². The van der Waals surface area contributed by atoms with Crippen LogP contribution in [0.2, 0.25) is 0 Å². The zero-order chi connectivity index (χ0) is 7.40. The van der Waals surface area contributed by atoms with Crippen molar-refractivity contribution in [2.24, 2.45) is 5.92 Å². The van der Waals surface area contributed by atoms with Gasteiger partial charge in [0, 0.05) is 19.1 Å². The summed E-state index contributed by atoms with van der Waals surface area (Å²) in [5.41, 5.74) is 0. The van der Waals surface area contributed by atoms with Crippen LogP contribution in [0.15, 0.2) is 0 Å². The molecule has 2 nitrogen and oxygen atoms in total. The second kappa shape index (κ2) is 3.88. The van der Waals surface area contributed by atoms with E-state index in [1.54, 1.807) is 7.05 Å². The molecule has 2 unspecified atom stereocenters. The highest BCUT2D eigenvalue weighted by Crippen LogP contribution is 2.18. The maximum atomic E-state index is 13.0. The molecule has 0 amide bonds. The third-order valence-corrected chi connectivity index (χ3v) is 1.88. The van der Waals surface area contributed by atoms with E-state index in [1.807, 2.05) is 0 Å². The molecule has 10 heavy (non-hydrogen) atoms. The summed E-state index contributed by atoms with van der Waals surface area (Å²) in [4.78, 5) is 0. The molecule has 1 rings (SSSR count). The first-order valence-corrected chi connectivity index (χ1v) is 3.71. The molecule has 1 fully saturated rings. The molecule has 0 aromatic carbocycles. The van der Waals surface area contributed by atoms with E-state index in [0.29, 0.717) is 13.2 Å². The molecule has 0 aromatic rings. The normalized spacial score (nSPS) is 28.8. The largest absolute Gasteiger partial charge is 0.381 e. The predicted molar refractivity (Wildman–Crippen MR) is 37.7 cm³/mol. The van der Waals surface area contributed by atoms with Gasteiger partial charge in [-0.05, 0) is 13.5 Å². The van der Waals surface area contributed by atoms with Crippen molar-refractivity contribution in [3.8, 4) is 0 Å². The average molecular weight is 147 g/mol. The Hall–Kier alpha value is -0.150. The summed E-state index contributed by atoms with van der Waals surface area (Å²) in [6, 6.07) is 0. The van der Waals surface area contributed by atoms with Crippen LogP contribution in [0, 0.1) is 5.92 Å². The van der Waals surface area contributed by atoms with E-state index >= 15 is 0 Å². The van der Waals surface area contributed by atoms with Crippen LogP contribution in [0.25, 0.3) is 0 Å². The second-order valence-corrected chi connectivity index (χ2v) is 2.70. The Kier molecular flexibility index (Phi) is 3.09. The highest BCUT2D eigenvalue weighted by molar-refractivity contribution is 4.73. The number of alkyl halides is 1. The number of hydrogen-bond donors (Lipinski definition) is 1. The lowest BCUT2D eigenvalue weighted by molar-refractivity contribution is 0.154. The summed E-state index contributed by atoms with van der Waals surface area (Å²) in [5, 5.41) is 2.81. The van der Waals surface area contributed by atoms with E-state index < -0.39 is 6.17 Å². The fourth-order valence-electron chi connectivity index (χ4n) is 1.20. The highest BCUT2D eigenvalue weighted by atomic mass is 19.1. The van der Waals surface area contributed by atoms with Crippen LogP contribution >= 0.6 is 0 Å². The molecule has 1 saturated heterocycles. The number of nitrogens with one attached hydrogen (secondary N) is 1. The van der Waals surface area contributed by atoms with Gasteiger partial charge in [-0.15, -0.1) is 0 Å². The third-order valence-electron chi connectivity index (χ3n) is 1.88. The van der Waals surface area contributed by atoms with E-state index in [2.05, 4.69) is 5.32 Å². The molecule has 1 aliphatic heterocycles. The van der Waals surface area contributed by atoms with Gasteiger partial charge in [0.2, 0.25) is 0 Å². The quantitative estimate of drug-likeness (QED) is 0.630. The van der Waals surface area contributed by atoms with Crippen molar-refractivity contribution < 1.29 is 9.13 Å². The molecular formula is C7H14FNO. The van der Waals surface area contributed by atoms with Crippen molar-refractivity contribution in [1.82, 2.24) is 5.32 Å². The summed E-state index contributed by atoms with van der Waals surface area (Å²) in [5.74, 6) is 0.132. The Morgan fingerprint density at radius 1 is 1.80 bits per heavy atom. The maximum absolute atomic E-state index is 13.0. The molecule has 1 N–H and O–H groups in total. The first kappa shape index (κ1) is 7.95. The highest BCUT2D eigenvalue weighted by Gasteiger charge is 2.24. The molecule has 1 heterocycles. The van der Waals surface area contributed by atoms with Crippen LogP contribution in [-0.2, 0) is 4.74 Å². The fraction of sp³-hybridized carbons (Fsp3) is 1.00. The van der Waals surface area contributed by atoms with Crippen LogP contribution in [0.5, 0.6) is 0 Å². The topological polar surface area (TPSA) is 21.3 Å². The minimum Gasteiger partial charge on any atom is -0.381 e. The monoisotopic (exact) mass is 147 g/mol. The average Bonchev–Trinajstić information content (AvgIpc) is 2.38. The smallest absolute Gasteiger partial charge is 0.118 e. The maximum Gasteiger partial charge on any atom is 0.118 e. The zero-order valence-corrected chi connectivity index (χ0v) is 6.27. The molecule has 0 aromatic heterocycles. The van der Waals surface area contributed by atoms with Gasteiger partial charge >= 0.3 is 0 Å². The molecule has 1 aliphatic rings. The van der Waals surface area contributed by atoms with Crippen LogP contribution in [0.3, 0.4) is 0 Å². The molecule has 0 bridgehead atoms. The van der Waals surface area contributed by atoms with E-state index in [-0.39, 0.29) is 5.92 Å². The van der Waals surface area contributed by atoms with E-state index in [1.165, 1.54) is 0 Å². The van der Waals surface area contributed by atoms with Crippen molar-refractivity contribution in [3.05, 3.63) is 0 Å². The molecule has 0 radical (unpaired) electrons. The van der Waals surface area contributed by atoms with Crippen molar-refractivity contribution in [2.45, 2.75) is 12.6 Å².